The molecule has 0 aromatic heterocycles. The minimum atomic E-state index is 0.831. The fourth-order valence-corrected chi connectivity index (χ4v) is 2.49. The molecule has 0 aromatic carbocycles. The van der Waals surface area contributed by atoms with Crippen LogP contribution in [-0.2, 0) is 4.74 Å². The van der Waals surface area contributed by atoms with Gasteiger partial charge in [0.25, 0.3) is 0 Å². The van der Waals surface area contributed by atoms with E-state index >= 15 is 0 Å². The second-order valence-electron chi connectivity index (χ2n) is 5.08. The Morgan fingerprint density at radius 1 is 0.944 bits per heavy atom. The lowest BCUT2D eigenvalue weighted by Crippen LogP contribution is -2.32. The molecule has 4 heteroatoms. The lowest BCUT2D eigenvalue weighted by atomic mass is 10.3. The van der Waals surface area contributed by atoms with E-state index in [2.05, 4.69) is 16.7 Å². The molecular formula is C14H31N3O. The van der Waals surface area contributed by atoms with Crippen molar-refractivity contribution in [1.29, 1.82) is 0 Å². The molecule has 0 aliphatic carbocycles. The Hall–Kier alpha value is -0.160. The van der Waals surface area contributed by atoms with E-state index in [1.165, 1.54) is 58.5 Å². The van der Waals surface area contributed by atoms with Gasteiger partial charge in [-0.25, -0.2) is 0 Å². The molecule has 2 N–H and O–H groups in total. The van der Waals surface area contributed by atoms with Crippen molar-refractivity contribution in [3.8, 4) is 0 Å². The fraction of sp³-hybridized carbons (Fsp3) is 1.00. The normalized spacial score (nSPS) is 19.0. The molecule has 4 nitrogen and oxygen atoms in total. The van der Waals surface area contributed by atoms with Crippen LogP contribution in [0.4, 0.5) is 0 Å². The summed E-state index contributed by atoms with van der Waals surface area (Å²) in [4.78, 5) is 5.18. The van der Waals surface area contributed by atoms with Gasteiger partial charge in [-0.15, -0.1) is 0 Å². The van der Waals surface area contributed by atoms with Gasteiger partial charge in [0.05, 0.1) is 0 Å². The molecule has 0 unspecified atom stereocenters. The summed E-state index contributed by atoms with van der Waals surface area (Å²) < 4.78 is 5.39. The molecule has 0 amide bonds. The van der Waals surface area contributed by atoms with Crippen LogP contribution in [0, 0.1) is 0 Å². The number of ether oxygens (including phenoxy) is 1. The van der Waals surface area contributed by atoms with Crippen molar-refractivity contribution in [1.82, 2.24) is 9.80 Å². The number of rotatable bonds is 9. The average Bonchev–Trinajstić information content (AvgIpc) is 2.61. The number of nitrogens with two attached hydrogens (primary N) is 1. The second-order valence-corrected chi connectivity index (χ2v) is 5.08. The van der Waals surface area contributed by atoms with E-state index in [1.807, 2.05) is 0 Å². The van der Waals surface area contributed by atoms with Gasteiger partial charge in [-0.2, -0.15) is 0 Å². The van der Waals surface area contributed by atoms with Crippen molar-refractivity contribution in [3.05, 3.63) is 0 Å². The van der Waals surface area contributed by atoms with Crippen LogP contribution in [0.1, 0.15) is 32.6 Å². The van der Waals surface area contributed by atoms with Gasteiger partial charge in [0, 0.05) is 32.8 Å². The van der Waals surface area contributed by atoms with Crippen LogP contribution >= 0.6 is 0 Å². The third-order valence-electron chi connectivity index (χ3n) is 3.58. The van der Waals surface area contributed by atoms with Gasteiger partial charge >= 0.3 is 0 Å². The standard InChI is InChI=1S/C14H31N3O/c1-2-18-14-6-11-17-10-5-9-16(12-13-17)8-4-3-7-15/h2-15H2,1H3. The minimum absolute atomic E-state index is 0.831. The number of hydrogen-bond donors (Lipinski definition) is 1. The second kappa shape index (κ2) is 10.7. The van der Waals surface area contributed by atoms with E-state index in [4.69, 9.17) is 10.5 Å². The Morgan fingerprint density at radius 3 is 2.22 bits per heavy atom. The predicted octanol–water partition coefficient (Wildman–Crippen LogP) is 1.16. The van der Waals surface area contributed by atoms with E-state index in [9.17, 15) is 0 Å². The zero-order chi connectivity index (χ0) is 13.1. The van der Waals surface area contributed by atoms with Crippen LogP contribution < -0.4 is 5.73 Å². The summed E-state index contributed by atoms with van der Waals surface area (Å²) in [5.41, 5.74) is 5.54. The first-order chi connectivity index (χ1) is 8.86. The molecular weight excluding hydrogens is 226 g/mol. The first-order valence-corrected chi connectivity index (χ1v) is 7.59. The highest BCUT2D eigenvalue weighted by Crippen LogP contribution is 2.05. The molecule has 1 aliphatic heterocycles. The van der Waals surface area contributed by atoms with Crippen molar-refractivity contribution in [2.45, 2.75) is 32.6 Å². The minimum Gasteiger partial charge on any atom is -0.382 e. The maximum Gasteiger partial charge on any atom is 0.0478 e. The third kappa shape index (κ3) is 7.31. The van der Waals surface area contributed by atoms with Crippen LogP contribution in [0.25, 0.3) is 0 Å². The van der Waals surface area contributed by atoms with Crippen molar-refractivity contribution in [2.24, 2.45) is 5.73 Å². The van der Waals surface area contributed by atoms with Crippen molar-refractivity contribution < 1.29 is 4.74 Å². The molecule has 108 valence electrons. The van der Waals surface area contributed by atoms with Crippen molar-refractivity contribution in [3.63, 3.8) is 0 Å². The molecule has 1 saturated heterocycles. The van der Waals surface area contributed by atoms with Gasteiger partial charge in [-0.3, -0.25) is 0 Å². The molecule has 18 heavy (non-hydrogen) atoms. The van der Waals surface area contributed by atoms with Gasteiger partial charge < -0.3 is 20.3 Å². The third-order valence-corrected chi connectivity index (χ3v) is 3.58. The first-order valence-electron chi connectivity index (χ1n) is 7.59. The zero-order valence-electron chi connectivity index (χ0n) is 12.1. The van der Waals surface area contributed by atoms with E-state index in [0.29, 0.717) is 0 Å². The molecule has 1 rings (SSSR count). The quantitative estimate of drug-likeness (QED) is 0.629. The Labute approximate surface area is 112 Å². The van der Waals surface area contributed by atoms with Crippen LogP contribution in [0.2, 0.25) is 0 Å². The highest BCUT2D eigenvalue weighted by atomic mass is 16.5. The highest BCUT2D eigenvalue weighted by Gasteiger charge is 2.13. The van der Waals surface area contributed by atoms with Gasteiger partial charge in [0.1, 0.15) is 0 Å². The van der Waals surface area contributed by atoms with E-state index in [0.717, 1.165) is 26.2 Å². The Balaban J connectivity index is 2.08. The van der Waals surface area contributed by atoms with Crippen LogP contribution in [-0.4, -0.2) is 68.8 Å². The largest absolute Gasteiger partial charge is 0.382 e. The van der Waals surface area contributed by atoms with Crippen molar-refractivity contribution >= 4 is 0 Å². The predicted molar refractivity (Wildman–Crippen MR) is 76.9 cm³/mol. The van der Waals surface area contributed by atoms with E-state index in [1.54, 1.807) is 0 Å². The lowest BCUT2D eigenvalue weighted by molar-refractivity contribution is 0.132. The SMILES string of the molecule is CCOCCCN1CCCN(CCCCN)CC1. The fourth-order valence-electron chi connectivity index (χ4n) is 2.49. The molecule has 1 fully saturated rings. The molecule has 0 radical (unpaired) electrons. The molecule has 0 aromatic rings. The molecule has 0 spiro atoms. The zero-order valence-corrected chi connectivity index (χ0v) is 12.1. The Kier molecular flexibility index (Phi) is 9.48. The summed E-state index contributed by atoms with van der Waals surface area (Å²) in [5.74, 6) is 0. The van der Waals surface area contributed by atoms with E-state index < -0.39 is 0 Å². The molecule has 0 bridgehead atoms. The van der Waals surface area contributed by atoms with Crippen LogP contribution in [0.3, 0.4) is 0 Å². The summed E-state index contributed by atoms with van der Waals surface area (Å²) in [6.07, 6.45) is 4.88. The Bertz CT molecular complexity index is 190. The number of hydrogen-bond acceptors (Lipinski definition) is 4. The molecule has 1 aliphatic rings. The number of nitrogens with zero attached hydrogens (tertiary/aromatic N) is 2. The highest BCUT2D eigenvalue weighted by molar-refractivity contribution is 4.69. The van der Waals surface area contributed by atoms with Gasteiger partial charge in [-0.1, -0.05) is 0 Å². The van der Waals surface area contributed by atoms with Crippen LogP contribution in [0.5, 0.6) is 0 Å². The maximum absolute atomic E-state index is 5.54. The summed E-state index contributed by atoms with van der Waals surface area (Å²) in [7, 11) is 0. The summed E-state index contributed by atoms with van der Waals surface area (Å²) in [5, 5.41) is 0. The van der Waals surface area contributed by atoms with Crippen molar-refractivity contribution in [2.75, 3.05) is 59.0 Å². The maximum atomic E-state index is 5.54. The number of unbranched alkanes of at least 4 members (excludes halogenated alkanes) is 1. The van der Waals surface area contributed by atoms with Crippen LogP contribution in [0.15, 0.2) is 0 Å². The summed E-state index contributed by atoms with van der Waals surface area (Å²) in [6, 6.07) is 0. The van der Waals surface area contributed by atoms with Gasteiger partial charge in [0.2, 0.25) is 0 Å². The monoisotopic (exact) mass is 257 g/mol. The smallest absolute Gasteiger partial charge is 0.0478 e. The first kappa shape index (κ1) is 15.9. The average molecular weight is 257 g/mol. The van der Waals surface area contributed by atoms with Gasteiger partial charge in [0.15, 0.2) is 0 Å². The molecule has 0 saturated carbocycles. The molecule has 0 atom stereocenters. The summed E-state index contributed by atoms with van der Waals surface area (Å²) in [6.45, 7) is 12.0. The van der Waals surface area contributed by atoms with Gasteiger partial charge in [-0.05, 0) is 58.8 Å². The molecule has 1 heterocycles. The topological polar surface area (TPSA) is 41.7 Å². The lowest BCUT2D eigenvalue weighted by Gasteiger charge is -2.21. The Morgan fingerprint density at radius 2 is 1.61 bits per heavy atom. The van der Waals surface area contributed by atoms with E-state index in [-0.39, 0.29) is 0 Å². The summed E-state index contributed by atoms with van der Waals surface area (Å²) >= 11 is 0.